The molecule has 7 nitrogen and oxygen atoms in total. The topological polar surface area (TPSA) is 67.2 Å². The molecular formula is C22H28N6O. The summed E-state index contributed by atoms with van der Waals surface area (Å²) in [5, 5.41) is 9.60. The van der Waals surface area contributed by atoms with Crippen molar-refractivity contribution in [3.63, 3.8) is 0 Å². The molecule has 0 N–H and O–H groups in total. The van der Waals surface area contributed by atoms with Gasteiger partial charge in [0.25, 0.3) is 5.91 Å². The van der Waals surface area contributed by atoms with Gasteiger partial charge < -0.3 is 4.90 Å². The zero-order valence-corrected chi connectivity index (χ0v) is 17.2. The van der Waals surface area contributed by atoms with Crippen molar-refractivity contribution in [1.29, 1.82) is 0 Å². The van der Waals surface area contributed by atoms with Gasteiger partial charge in [-0.05, 0) is 57.0 Å². The Kier molecular flexibility index (Phi) is 5.85. The smallest absolute Gasteiger partial charge is 0.276 e. The molecule has 0 aliphatic carbocycles. The highest BCUT2D eigenvalue weighted by Crippen LogP contribution is 2.23. The summed E-state index contributed by atoms with van der Waals surface area (Å²) in [6, 6.07) is 10.8. The van der Waals surface area contributed by atoms with Gasteiger partial charge in [-0.25, -0.2) is 4.68 Å². The van der Waals surface area contributed by atoms with E-state index in [1.54, 1.807) is 4.90 Å². The second-order valence-electron chi connectivity index (χ2n) is 7.62. The van der Waals surface area contributed by atoms with Crippen LogP contribution in [0.2, 0.25) is 0 Å². The molecule has 2 aromatic heterocycles. The average molecular weight is 393 g/mol. The summed E-state index contributed by atoms with van der Waals surface area (Å²) in [5.41, 5.74) is 2.76. The van der Waals surface area contributed by atoms with E-state index in [0.717, 1.165) is 38.0 Å². The zero-order chi connectivity index (χ0) is 20.2. The number of hydrogen-bond acceptors (Lipinski definition) is 5. The summed E-state index contributed by atoms with van der Waals surface area (Å²) in [4.78, 5) is 21.1. The molecule has 1 aromatic carbocycles. The molecular weight excluding hydrogens is 364 g/mol. The molecule has 1 unspecified atom stereocenters. The summed E-state index contributed by atoms with van der Waals surface area (Å²) < 4.78 is 1.88. The van der Waals surface area contributed by atoms with E-state index in [1.165, 1.54) is 10.9 Å². The maximum atomic E-state index is 12.5. The van der Waals surface area contributed by atoms with Crippen molar-refractivity contribution in [2.45, 2.75) is 39.3 Å². The van der Waals surface area contributed by atoms with E-state index in [9.17, 15) is 4.79 Å². The molecule has 1 saturated heterocycles. The van der Waals surface area contributed by atoms with Crippen LogP contribution in [0.5, 0.6) is 0 Å². The SMILES string of the molecule is CCN(CC)C(=O)c1cn(C2CCCN(Cc3ccc4ncccc4c3)C2)nn1. The lowest BCUT2D eigenvalue weighted by atomic mass is 10.0. The number of hydrogen-bond donors (Lipinski definition) is 0. The number of nitrogens with zero attached hydrogens (tertiary/aromatic N) is 6. The van der Waals surface area contributed by atoms with E-state index in [0.29, 0.717) is 18.8 Å². The van der Waals surface area contributed by atoms with Crippen molar-refractivity contribution in [2.75, 3.05) is 26.2 Å². The van der Waals surface area contributed by atoms with Crippen LogP contribution in [0.3, 0.4) is 0 Å². The van der Waals surface area contributed by atoms with Crippen LogP contribution in [0.4, 0.5) is 0 Å². The second-order valence-corrected chi connectivity index (χ2v) is 7.62. The van der Waals surface area contributed by atoms with Crippen molar-refractivity contribution in [3.05, 3.63) is 54.0 Å². The predicted octanol–water partition coefficient (Wildman–Crippen LogP) is 3.15. The summed E-state index contributed by atoms with van der Waals surface area (Å²) in [7, 11) is 0. The molecule has 1 amide bonds. The number of piperidine rings is 1. The molecule has 1 atom stereocenters. The minimum absolute atomic E-state index is 0.0429. The van der Waals surface area contributed by atoms with Crippen molar-refractivity contribution >= 4 is 16.8 Å². The monoisotopic (exact) mass is 392 g/mol. The van der Waals surface area contributed by atoms with Gasteiger partial charge in [0.2, 0.25) is 0 Å². The summed E-state index contributed by atoms with van der Waals surface area (Å²) in [5.74, 6) is -0.0429. The molecule has 7 heteroatoms. The molecule has 4 rings (SSSR count). The van der Waals surface area contributed by atoms with E-state index >= 15 is 0 Å². The third kappa shape index (κ3) is 4.29. The first-order chi connectivity index (χ1) is 14.2. The fourth-order valence-electron chi connectivity index (χ4n) is 4.10. The van der Waals surface area contributed by atoms with Gasteiger partial charge in [-0.15, -0.1) is 5.10 Å². The molecule has 29 heavy (non-hydrogen) atoms. The lowest BCUT2D eigenvalue weighted by Crippen LogP contribution is -2.36. The molecule has 0 bridgehead atoms. The van der Waals surface area contributed by atoms with E-state index in [-0.39, 0.29) is 11.9 Å². The molecule has 0 spiro atoms. The normalized spacial score (nSPS) is 17.5. The molecule has 1 aliphatic rings. The predicted molar refractivity (Wildman–Crippen MR) is 113 cm³/mol. The van der Waals surface area contributed by atoms with Crippen LogP contribution in [0, 0.1) is 0 Å². The van der Waals surface area contributed by atoms with Crippen molar-refractivity contribution in [2.24, 2.45) is 0 Å². The molecule has 3 heterocycles. The Hall–Kier alpha value is -2.80. The van der Waals surface area contributed by atoms with Crippen LogP contribution in [0.25, 0.3) is 10.9 Å². The third-order valence-electron chi connectivity index (χ3n) is 5.71. The Morgan fingerprint density at radius 2 is 2.10 bits per heavy atom. The fraction of sp³-hybridized carbons (Fsp3) is 0.455. The number of amides is 1. The van der Waals surface area contributed by atoms with Crippen LogP contribution in [-0.4, -0.2) is 61.9 Å². The van der Waals surface area contributed by atoms with E-state index in [4.69, 9.17) is 0 Å². The molecule has 152 valence electrons. The van der Waals surface area contributed by atoms with Gasteiger partial charge in [-0.1, -0.05) is 17.3 Å². The molecule has 1 aliphatic heterocycles. The average Bonchev–Trinajstić information content (AvgIpc) is 3.25. The highest BCUT2D eigenvalue weighted by molar-refractivity contribution is 5.91. The lowest BCUT2D eigenvalue weighted by molar-refractivity contribution is 0.0767. The first-order valence-electron chi connectivity index (χ1n) is 10.4. The number of likely N-dealkylation sites (tertiary alicyclic amines) is 1. The number of pyridine rings is 1. The third-order valence-corrected chi connectivity index (χ3v) is 5.71. The summed E-state index contributed by atoms with van der Waals surface area (Å²) in [6.45, 7) is 8.21. The molecule has 3 aromatic rings. The van der Waals surface area contributed by atoms with Crippen LogP contribution in [0.15, 0.2) is 42.7 Å². The van der Waals surface area contributed by atoms with Crippen LogP contribution in [0.1, 0.15) is 48.8 Å². The van der Waals surface area contributed by atoms with Gasteiger partial charge in [-0.2, -0.15) is 0 Å². The zero-order valence-electron chi connectivity index (χ0n) is 17.2. The van der Waals surface area contributed by atoms with Gasteiger partial charge in [0, 0.05) is 37.8 Å². The highest BCUT2D eigenvalue weighted by atomic mass is 16.2. The minimum Gasteiger partial charge on any atom is -0.338 e. The fourth-order valence-corrected chi connectivity index (χ4v) is 4.10. The second kappa shape index (κ2) is 8.69. The largest absolute Gasteiger partial charge is 0.338 e. The Labute approximate surface area is 171 Å². The molecule has 0 radical (unpaired) electrons. The summed E-state index contributed by atoms with van der Waals surface area (Å²) in [6.07, 6.45) is 5.81. The van der Waals surface area contributed by atoms with Crippen LogP contribution < -0.4 is 0 Å². The van der Waals surface area contributed by atoms with Crippen LogP contribution >= 0.6 is 0 Å². The van der Waals surface area contributed by atoms with Gasteiger partial charge in [0.15, 0.2) is 5.69 Å². The number of carbonyl (C=O) groups is 1. The van der Waals surface area contributed by atoms with Crippen molar-refractivity contribution in [3.8, 4) is 0 Å². The van der Waals surface area contributed by atoms with Crippen LogP contribution in [-0.2, 0) is 6.54 Å². The van der Waals surface area contributed by atoms with E-state index < -0.39 is 0 Å². The maximum absolute atomic E-state index is 12.5. The Morgan fingerprint density at radius 1 is 1.24 bits per heavy atom. The quantitative estimate of drug-likeness (QED) is 0.645. The van der Waals surface area contributed by atoms with Crippen molar-refractivity contribution in [1.82, 2.24) is 29.8 Å². The van der Waals surface area contributed by atoms with E-state index in [1.807, 2.05) is 37.0 Å². The molecule has 0 saturated carbocycles. The highest BCUT2D eigenvalue weighted by Gasteiger charge is 2.24. The minimum atomic E-state index is -0.0429. The number of rotatable bonds is 6. The van der Waals surface area contributed by atoms with Gasteiger partial charge >= 0.3 is 0 Å². The standard InChI is InChI=1S/C22H28N6O/c1-3-27(4-2)22(29)21-16-28(25-24-21)19-8-6-12-26(15-19)14-17-9-10-20-18(13-17)7-5-11-23-20/h5,7,9-11,13,16,19H,3-4,6,8,12,14-15H2,1-2H3. The summed E-state index contributed by atoms with van der Waals surface area (Å²) >= 11 is 0. The van der Waals surface area contributed by atoms with Gasteiger partial charge in [0.05, 0.1) is 17.8 Å². The number of aromatic nitrogens is 4. The first-order valence-corrected chi connectivity index (χ1v) is 10.4. The number of fused-ring (bicyclic) bond motifs is 1. The lowest BCUT2D eigenvalue weighted by Gasteiger charge is -2.32. The van der Waals surface area contributed by atoms with Gasteiger partial charge in [0.1, 0.15) is 0 Å². The Balaban J connectivity index is 1.43. The maximum Gasteiger partial charge on any atom is 0.276 e. The molecule has 1 fully saturated rings. The number of benzene rings is 1. The number of carbonyl (C=O) groups excluding carboxylic acids is 1. The van der Waals surface area contributed by atoms with E-state index in [2.05, 4.69) is 44.5 Å². The van der Waals surface area contributed by atoms with Crippen molar-refractivity contribution < 1.29 is 4.79 Å². The first kappa shape index (κ1) is 19.5. The Morgan fingerprint density at radius 3 is 2.93 bits per heavy atom. The Bertz CT molecular complexity index is 980. The van der Waals surface area contributed by atoms with Gasteiger partial charge in [-0.3, -0.25) is 14.7 Å².